The molecule has 3 rings (SSSR count). The van der Waals surface area contributed by atoms with E-state index in [0.29, 0.717) is 41.7 Å². The average Bonchev–Trinajstić information content (AvgIpc) is 2.64. The van der Waals surface area contributed by atoms with Crippen LogP contribution in [0.2, 0.25) is 10.0 Å². The molecule has 0 aliphatic carbocycles. The first-order valence-corrected chi connectivity index (χ1v) is 11.0. The molecule has 0 aromatic heterocycles. The van der Waals surface area contributed by atoms with E-state index in [2.05, 4.69) is 5.32 Å². The summed E-state index contributed by atoms with van der Waals surface area (Å²) in [7, 11) is -3.39. The number of nitrogens with one attached hydrogen (secondary N) is 1. The van der Waals surface area contributed by atoms with Crippen LogP contribution in [-0.2, 0) is 20.6 Å². The smallest absolute Gasteiger partial charge is 0.227 e. The topological polar surface area (TPSA) is 66.5 Å². The summed E-state index contributed by atoms with van der Waals surface area (Å²) in [5, 5.41) is 3.67. The summed E-state index contributed by atoms with van der Waals surface area (Å²) in [6.45, 7) is 0.670. The van der Waals surface area contributed by atoms with Crippen LogP contribution in [0.15, 0.2) is 48.5 Å². The van der Waals surface area contributed by atoms with Gasteiger partial charge in [-0.2, -0.15) is 0 Å². The molecule has 0 saturated carbocycles. The molecular formula is C19H20Cl2N2O3S. The number of anilines is 1. The zero-order valence-corrected chi connectivity index (χ0v) is 16.9. The molecule has 27 heavy (non-hydrogen) atoms. The predicted octanol–water partition coefficient (Wildman–Crippen LogP) is 4.17. The van der Waals surface area contributed by atoms with Gasteiger partial charge in [0, 0.05) is 24.0 Å². The summed E-state index contributed by atoms with van der Waals surface area (Å²) in [6.07, 6.45) is 0.954. The van der Waals surface area contributed by atoms with Crippen LogP contribution in [0.25, 0.3) is 0 Å². The van der Waals surface area contributed by atoms with Crippen LogP contribution in [0.4, 0.5) is 5.69 Å². The Labute approximate surface area is 169 Å². The van der Waals surface area contributed by atoms with Crippen LogP contribution in [0.5, 0.6) is 0 Å². The van der Waals surface area contributed by atoms with Gasteiger partial charge in [0.15, 0.2) is 0 Å². The highest BCUT2D eigenvalue weighted by molar-refractivity contribution is 7.88. The molecule has 1 saturated heterocycles. The summed E-state index contributed by atoms with van der Waals surface area (Å²) in [6, 6.07) is 14.0. The van der Waals surface area contributed by atoms with Gasteiger partial charge in [-0.3, -0.25) is 4.79 Å². The first-order valence-electron chi connectivity index (χ1n) is 8.63. The van der Waals surface area contributed by atoms with Gasteiger partial charge < -0.3 is 5.32 Å². The second kappa shape index (κ2) is 8.61. The largest absolute Gasteiger partial charge is 0.325 e. The Morgan fingerprint density at radius 1 is 1.07 bits per heavy atom. The molecule has 1 N–H and O–H groups in total. The minimum absolute atomic E-state index is 0.0227. The van der Waals surface area contributed by atoms with Gasteiger partial charge >= 0.3 is 0 Å². The SMILES string of the molecule is O=C(Nc1ccc(Cl)cc1Cl)C1CCN(S(=O)(=O)Cc2ccccc2)CC1. The second-order valence-electron chi connectivity index (χ2n) is 6.53. The summed E-state index contributed by atoms with van der Waals surface area (Å²) in [5.41, 5.74) is 1.26. The van der Waals surface area contributed by atoms with Crippen molar-refractivity contribution in [2.45, 2.75) is 18.6 Å². The molecule has 0 atom stereocenters. The van der Waals surface area contributed by atoms with E-state index in [0.717, 1.165) is 5.56 Å². The number of hydrogen-bond acceptors (Lipinski definition) is 3. The van der Waals surface area contributed by atoms with E-state index in [-0.39, 0.29) is 17.6 Å². The molecule has 1 fully saturated rings. The van der Waals surface area contributed by atoms with Crippen molar-refractivity contribution >= 4 is 44.8 Å². The average molecular weight is 427 g/mol. The maximum absolute atomic E-state index is 12.6. The highest BCUT2D eigenvalue weighted by Gasteiger charge is 2.31. The third-order valence-electron chi connectivity index (χ3n) is 4.60. The fraction of sp³-hybridized carbons (Fsp3) is 0.316. The van der Waals surface area contributed by atoms with Crippen LogP contribution in [0, 0.1) is 5.92 Å². The zero-order chi connectivity index (χ0) is 19.4. The van der Waals surface area contributed by atoms with Crippen molar-refractivity contribution in [1.29, 1.82) is 0 Å². The number of piperidine rings is 1. The molecule has 0 unspecified atom stereocenters. The van der Waals surface area contributed by atoms with E-state index in [9.17, 15) is 13.2 Å². The summed E-state index contributed by atoms with van der Waals surface area (Å²) < 4.78 is 26.7. The Bertz CT molecular complexity index is 912. The Morgan fingerprint density at radius 2 is 1.74 bits per heavy atom. The first-order chi connectivity index (χ1) is 12.8. The fourth-order valence-electron chi connectivity index (χ4n) is 3.10. The number of hydrogen-bond donors (Lipinski definition) is 1. The van der Waals surface area contributed by atoms with Crippen molar-refractivity contribution in [1.82, 2.24) is 4.31 Å². The molecule has 1 aliphatic heterocycles. The number of amides is 1. The van der Waals surface area contributed by atoms with E-state index >= 15 is 0 Å². The summed E-state index contributed by atoms with van der Waals surface area (Å²) in [5.74, 6) is -0.426. The van der Waals surface area contributed by atoms with Crippen molar-refractivity contribution in [2.75, 3.05) is 18.4 Å². The maximum Gasteiger partial charge on any atom is 0.227 e. The van der Waals surface area contributed by atoms with Crippen LogP contribution in [0.3, 0.4) is 0 Å². The lowest BCUT2D eigenvalue weighted by Gasteiger charge is -2.30. The Kier molecular flexibility index (Phi) is 6.42. The Hall–Kier alpha value is -1.60. The normalized spacial score (nSPS) is 16.2. The molecule has 8 heteroatoms. The Morgan fingerprint density at radius 3 is 2.37 bits per heavy atom. The summed E-state index contributed by atoms with van der Waals surface area (Å²) in [4.78, 5) is 12.5. The van der Waals surface area contributed by atoms with Crippen molar-refractivity contribution in [2.24, 2.45) is 5.92 Å². The highest BCUT2D eigenvalue weighted by Crippen LogP contribution is 2.28. The molecule has 1 aliphatic rings. The van der Waals surface area contributed by atoms with Gasteiger partial charge in [-0.1, -0.05) is 53.5 Å². The minimum atomic E-state index is -3.39. The van der Waals surface area contributed by atoms with Crippen LogP contribution in [-0.4, -0.2) is 31.7 Å². The molecule has 5 nitrogen and oxygen atoms in total. The van der Waals surface area contributed by atoms with Gasteiger partial charge in [-0.15, -0.1) is 0 Å². The number of carbonyl (C=O) groups excluding carboxylic acids is 1. The molecule has 1 amide bonds. The second-order valence-corrected chi connectivity index (χ2v) is 9.34. The van der Waals surface area contributed by atoms with Crippen molar-refractivity contribution < 1.29 is 13.2 Å². The number of carbonyl (C=O) groups is 1. The molecular weight excluding hydrogens is 407 g/mol. The van der Waals surface area contributed by atoms with Gasteiger partial charge in [0.25, 0.3) is 0 Å². The fourth-order valence-corrected chi connectivity index (χ4v) is 5.12. The number of nitrogens with zero attached hydrogens (tertiary/aromatic N) is 1. The van der Waals surface area contributed by atoms with Crippen molar-refractivity contribution in [3.63, 3.8) is 0 Å². The Balaban J connectivity index is 1.57. The van der Waals surface area contributed by atoms with E-state index in [4.69, 9.17) is 23.2 Å². The number of halogens is 2. The van der Waals surface area contributed by atoms with Gasteiger partial charge in [0.05, 0.1) is 16.5 Å². The molecule has 2 aromatic carbocycles. The third-order valence-corrected chi connectivity index (χ3v) is 7.00. The monoisotopic (exact) mass is 426 g/mol. The predicted molar refractivity (Wildman–Crippen MR) is 108 cm³/mol. The van der Waals surface area contributed by atoms with E-state index in [1.165, 1.54) is 4.31 Å². The quantitative estimate of drug-likeness (QED) is 0.779. The van der Waals surface area contributed by atoms with E-state index in [1.807, 2.05) is 18.2 Å². The standard InChI is InChI=1S/C19H20Cl2N2O3S/c20-16-6-7-18(17(21)12-16)22-19(24)15-8-10-23(11-9-15)27(25,26)13-14-4-2-1-3-5-14/h1-7,12,15H,8-11,13H2,(H,22,24). The lowest BCUT2D eigenvalue weighted by molar-refractivity contribution is -0.120. The van der Waals surface area contributed by atoms with E-state index < -0.39 is 10.0 Å². The first kappa shape index (κ1) is 20.1. The van der Waals surface area contributed by atoms with Gasteiger partial charge in [-0.05, 0) is 36.6 Å². The number of rotatable bonds is 5. The molecule has 0 spiro atoms. The maximum atomic E-state index is 12.6. The zero-order valence-electron chi connectivity index (χ0n) is 14.6. The molecule has 1 heterocycles. The van der Waals surface area contributed by atoms with Crippen molar-refractivity contribution in [3.05, 3.63) is 64.1 Å². The van der Waals surface area contributed by atoms with Crippen LogP contribution < -0.4 is 5.32 Å². The molecule has 0 bridgehead atoms. The number of sulfonamides is 1. The van der Waals surface area contributed by atoms with Gasteiger partial charge in [0.2, 0.25) is 15.9 Å². The van der Waals surface area contributed by atoms with Crippen molar-refractivity contribution in [3.8, 4) is 0 Å². The summed E-state index contributed by atoms with van der Waals surface area (Å²) >= 11 is 11.9. The van der Waals surface area contributed by atoms with Crippen LogP contribution in [0.1, 0.15) is 18.4 Å². The van der Waals surface area contributed by atoms with Gasteiger partial charge in [-0.25, -0.2) is 12.7 Å². The molecule has 2 aromatic rings. The van der Waals surface area contributed by atoms with Crippen LogP contribution >= 0.6 is 23.2 Å². The lowest BCUT2D eigenvalue weighted by Crippen LogP contribution is -2.41. The lowest BCUT2D eigenvalue weighted by atomic mass is 9.97. The number of benzene rings is 2. The molecule has 0 radical (unpaired) electrons. The minimum Gasteiger partial charge on any atom is -0.325 e. The molecule has 144 valence electrons. The highest BCUT2D eigenvalue weighted by atomic mass is 35.5. The van der Waals surface area contributed by atoms with E-state index in [1.54, 1.807) is 30.3 Å². The third kappa shape index (κ3) is 5.23. The van der Waals surface area contributed by atoms with Gasteiger partial charge in [0.1, 0.15) is 0 Å².